The van der Waals surface area contributed by atoms with Crippen LogP contribution in [0.2, 0.25) is 0 Å². The number of benzene rings is 2. The molecule has 0 bridgehead atoms. The summed E-state index contributed by atoms with van der Waals surface area (Å²) in [6, 6.07) is -6.57. The van der Waals surface area contributed by atoms with E-state index in [0.29, 0.717) is 0 Å². The van der Waals surface area contributed by atoms with Crippen molar-refractivity contribution >= 4 is 28.3 Å². The number of aromatic amines is 1. The van der Waals surface area contributed by atoms with E-state index in [4.69, 9.17) is 17.8 Å². The first-order valence-corrected chi connectivity index (χ1v) is 5.78. The molecule has 0 fully saturated rings. The van der Waals surface area contributed by atoms with Gasteiger partial charge in [-0.15, -0.1) is 0 Å². The Bertz CT molecular complexity index is 1300. The monoisotopic (exact) mass is 292 g/mol. The molecule has 0 aliphatic rings. The molecule has 2 aromatic carbocycles. The van der Waals surface area contributed by atoms with Crippen LogP contribution in [0, 0.1) is 0 Å². The molecule has 1 aromatic heterocycles. The second-order valence-electron chi connectivity index (χ2n) is 3.91. The van der Waals surface area contributed by atoms with Crippen molar-refractivity contribution < 1.29 is 22.6 Å². The van der Waals surface area contributed by atoms with Gasteiger partial charge < -0.3 is 15.6 Å². The van der Waals surface area contributed by atoms with Crippen LogP contribution in [-0.2, 0) is 6.37 Å². The van der Waals surface area contributed by atoms with E-state index in [0.717, 1.165) is 0 Å². The second-order valence-corrected chi connectivity index (χ2v) is 3.91. The van der Waals surface area contributed by atoms with Gasteiger partial charge >= 0.3 is 6.03 Å². The smallest absolute Gasteiger partial charge is 0.323 e. The van der Waals surface area contributed by atoms with Gasteiger partial charge in [0.25, 0.3) is 0 Å². The number of hydrogen-bond acceptors (Lipinski definition) is 1. The van der Waals surface area contributed by atoms with Gasteiger partial charge in [-0.05, 0) is 30.1 Å². The van der Waals surface area contributed by atoms with Gasteiger partial charge in [0, 0.05) is 29.6 Å². The summed E-state index contributed by atoms with van der Waals surface area (Å²) in [5, 5.41) is 4.39. The Kier molecular flexibility index (Phi) is 1.34. The van der Waals surface area contributed by atoms with Crippen molar-refractivity contribution in [2.24, 2.45) is 0 Å². The van der Waals surface area contributed by atoms with Gasteiger partial charge in [0.2, 0.25) is 0 Å². The van der Waals surface area contributed by atoms with E-state index in [1.807, 2.05) is 0 Å². The highest BCUT2D eigenvalue weighted by Crippen LogP contribution is 2.22. The van der Waals surface area contributed by atoms with Crippen LogP contribution >= 0.6 is 0 Å². The fourth-order valence-corrected chi connectivity index (χ4v) is 1.64. The van der Waals surface area contributed by atoms with Crippen LogP contribution in [0.4, 0.5) is 16.2 Å². The number of amides is 2. The number of para-hydroxylation sites is 1. The van der Waals surface area contributed by atoms with Gasteiger partial charge in [-0.2, -0.15) is 0 Å². The molecule has 0 unspecified atom stereocenters. The summed E-state index contributed by atoms with van der Waals surface area (Å²) in [5.41, 5.74) is -1.63. The molecule has 0 radical (unpaired) electrons. The molecular formula is C17H17N3O. The lowest BCUT2D eigenvalue weighted by atomic mass is 10.1. The Balaban J connectivity index is 2.01. The number of urea groups is 1. The van der Waals surface area contributed by atoms with Crippen molar-refractivity contribution in [3.8, 4) is 0 Å². The number of H-pyrrole nitrogens is 1. The zero-order valence-electron chi connectivity index (χ0n) is 23.5. The molecule has 0 saturated carbocycles. The minimum Gasteiger partial charge on any atom is -0.359 e. The Labute approximate surface area is 141 Å². The molecular weight excluding hydrogens is 262 g/mol. The van der Waals surface area contributed by atoms with E-state index in [9.17, 15) is 4.79 Å². The average Bonchev–Trinajstić information content (AvgIpc) is 3.15. The normalized spacial score (nSPS) is 20.7. The highest BCUT2D eigenvalue weighted by Gasteiger charge is 2.07. The van der Waals surface area contributed by atoms with Gasteiger partial charge in [0.15, 0.2) is 0 Å². The van der Waals surface area contributed by atoms with Crippen molar-refractivity contribution in [1.29, 1.82) is 0 Å². The zero-order valence-corrected chi connectivity index (χ0v) is 10.5. The summed E-state index contributed by atoms with van der Waals surface area (Å²) in [6.07, 6.45) is -1.98. The summed E-state index contributed by atoms with van der Waals surface area (Å²) in [4.78, 5) is 15.2. The Morgan fingerprint density at radius 3 is 2.86 bits per heavy atom. The third-order valence-corrected chi connectivity index (χ3v) is 2.55. The lowest BCUT2D eigenvalue weighted by molar-refractivity contribution is 0.262. The molecule has 4 nitrogen and oxygen atoms in total. The maximum absolute atomic E-state index is 12.6. The zero-order chi connectivity index (χ0) is 25.9. The van der Waals surface area contributed by atoms with E-state index in [-0.39, 0.29) is 22.6 Å². The van der Waals surface area contributed by atoms with E-state index in [2.05, 4.69) is 15.6 Å². The van der Waals surface area contributed by atoms with Gasteiger partial charge in [-0.1, -0.05) is 37.1 Å². The molecule has 2 amide bonds. The fraction of sp³-hybridized carbons (Fsp3) is 0.118. The third kappa shape index (κ3) is 2.89. The van der Waals surface area contributed by atoms with Crippen LogP contribution in [0.5, 0.6) is 0 Å². The predicted octanol–water partition coefficient (Wildman–Crippen LogP) is 4.37. The lowest BCUT2D eigenvalue weighted by Gasteiger charge is -2.07. The second kappa shape index (κ2) is 5.71. The molecule has 4 heteroatoms. The molecule has 0 spiro atoms. The molecule has 3 rings (SSSR count). The highest BCUT2D eigenvalue weighted by molar-refractivity contribution is 6.05. The van der Waals surface area contributed by atoms with Gasteiger partial charge in [-0.3, -0.25) is 0 Å². The van der Waals surface area contributed by atoms with Crippen LogP contribution in [-0.4, -0.2) is 11.0 Å². The first-order chi connectivity index (χ1) is 15.5. The Hall–Kier alpha value is -2.75. The first-order valence-electron chi connectivity index (χ1n) is 12.3. The van der Waals surface area contributed by atoms with Gasteiger partial charge in [-0.25, -0.2) is 4.79 Å². The number of carbonyl (C=O) groups excluding carboxylic acids is 1. The maximum Gasteiger partial charge on any atom is 0.323 e. The molecule has 106 valence electrons. The molecule has 3 N–H and O–H groups in total. The largest absolute Gasteiger partial charge is 0.359 e. The number of fused-ring (bicyclic) bond motifs is 1. The minimum absolute atomic E-state index is 0.0260. The topological polar surface area (TPSA) is 56.9 Å². The molecule has 0 atom stereocenters. The minimum atomic E-state index is -3.28. The number of nitrogens with one attached hydrogen (secondary N) is 3. The fourth-order valence-electron chi connectivity index (χ4n) is 1.64. The molecule has 0 aliphatic carbocycles. The summed E-state index contributed by atoms with van der Waals surface area (Å²) in [6.45, 7) is -3.28. The van der Waals surface area contributed by atoms with Gasteiger partial charge in [0.05, 0.1) is 16.7 Å². The number of anilines is 2. The Morgan fingerprint density at radius 1 is 1.24 bits per heavy atom. The van der Waals surface area contributed by atoms with E-state index < -0.39 is 72.8 Å². The maximum atomic E-state index is 12.6. The van der Waals surface area contributed by atoms with E-state index in [1.54, 1.807) is 0 Å². The quantitative estimate of drug-likeness (QED) is 0.659. The predicted molar refractivity (Wildman–Crippen MR) is 86.8 cm³/mol. The van der Waals surface area contributed by atoms with Crippen LogP contribution in [0.3, 0.4) is 0 Å². The molecule has 0 saturated heterocycles. The summed E-state index contributed by atoms with van der Waals surface area (Å²) >= 11 is 0. The van der Waals surface area contributed by atoms with Crippen molar-refractivity contribution in [1.82, 2.24) is 4.98 Å². The summed E-state index contributed by atoms with van der Waals surface area (Å²) < 4.78 is 101. The molecule has 0 aliphatic heterocycles. The number of hydrogen-bond donors (Lipinski definition) is 3. The van der Waals surface area contributed by atoms with Crippen LogP contribution in [0.25, 0.3) is 10.9 Å². The van der Waals surface area contributed by atoms with Crippen LogP contribution < -0.4 is 10.6 Å². The molecule has 1 heterocycles. The van der Waals surface area contributed by atoms with Crippen molar-refractivity contribution in [3.63, 3.8) is 0 Å². The van der Waals surface area contributed by atoms with Crippen molar-refractivity contribution in [2.45, 2.75) is 13.2 Å². The number of carbonyl (C=O) groups is 1. The standard InChI is InChI=1S/C17H17N3O/c1-2-12-7-9-13(10-8-12)19-17(21)20-16-11-18-15-6-4-3-5-14(15)16/h3-11,18H,2H2,1H3,(H2,19,20,21)/i1D3,2D2,3D,4D,5D,6D,7D,8D,9D,10D. The van der Waals surface area contributed by atoms with Gasteiger partial charge in [0.1, 0.15) is 0 Å². The third-order valence-electron chi connectivity index (χ3n) is 2.55. The van der Waals surface area contributed by atoms with Crippen LogP contribution in [0.15, 0.2) is 54.5 Å². The van der Waals surface area contributed by atoms with Crippen molar-refractivity contribution in [2.75, 3.05) is 10.6 Å². The molecule has 21 heavy (non-hydrogen) atoms. The molecule has 3 aromatic rings. The summed E-state index contributed by atoms with van der Waals surface area (Å²) in [7, 11) is 0. The van der Waals surface area contributed by atoms with Crippen LogP contribution in [0.1, 0.15) is 30.2 Å². The first kappa shape index (κ1) is 4.91. The SMILES string of the molecule is [2H]c1c([2H])c(C([2H])([2H])C([2H])([2H])[2H])c([2H])c([2H])c1NC(=O)Nc1c[nH]c2c([2H])c([2H])c([2H])c([2H])c12. The number of aromatic nitrogens is 1. The average molecular weight is 292 g/mol. The highest BCUT2D eigenvalue weighted by atomic mass is 16.2. The Morgan fingerprint density at radius 2 is 2.05 bits per heavy atom. The summed E-state index contributed by atoms with van der Waals surface area (Å²) in [5.74, 6) is 0. The van der Waals surface area contributed by atoms with E-state index in [1.165, 1.54) is 6.20 Å². The lowest BCUT2D eigenvalue weighted by Crippen LogP contribution is -2.19. The van der Waals surface area contributed by atoms with Crippen molar-refractivity contribution in [3.05, 3.63) is 60.1 Å². The van der Waals surface area contributed by atoms with E-state index >= 15 is 0 Å². The number of rotatable bonds is 3.